The number of anilines is 1. The van der Waals surface area contributed by atoms with Crippen molar-refractivity contribution in [3.63, 3.8) is 0 Å². The van der Waals surface area contributed by atoms with Crippen LogP contribution in [0.25, 0.3) is 0 Å². The van der Waals surface area contributed by atoms with Gasteiger partial charge in [0.15, 0.2) is 5.78 Å². The molecular weight excluding hydrogens is 401 g/mol. The second kappa shape index (κ2) is 8.10. The number of rotatable bonds is 5. The first-order valence-electron chi connectivity index (χ1n) is 9.68. The molecular formula is C22H20FN5O3. The molecule has 158 valence electrons. The monoisotopic (exact) mass is 421 g/mol. The zero-order chi connectivity index (χ0) is 22.1. The molecule has 3 aromatic rings. The summed E-state index contributed by atoms with van der Waals surface area (Å²) >= 11 is 0. The standard InChI is InChI=1S/C22H20FN5O3/c1-12(2)13-4-6-14(7-5-13)19-17(20(29)15-8-10-16(23)11-9-15)18(21(30)31-3)24-22-25-26-27-28(19)22/h4-12,19H,1-3H3,(H,24,25,27)/t19-/m0/s1. The maximum atomic E-state index is 13.5. The second-order valence-electron chi connectivity index (χ2n) is 7.41. The molecule has 0 amide bonds. The van der Waals surface area contributed by atoms with Gasteiger partial charge in [0.1, 0.15) is 17.6 Å². The number of nitrogens with zero attached hydrogens (tertiary/aromatic N) is 4. The first-order chi connectivity index (χ1) is 14.9. The smallest absolute Gasteiger partial charge is 0.355 e. The lowest BCUT2D eigenvalue weighted by Crippen LogP contribution is -2.33. The maximum absolute atomic E-state index is 13.5. The molecule has 9 heteroatoms. The number of ketones is 1. The van der Waals surface area contributed by atoms with Gasteiger partial charge in [-0.2, -0.15) is 4.68 Å². The van der Waals surface area contributed by atoms with E-state index in [2.05, 4.69) is 34.7 Å². The predicted octanol–water partition coefficient (Wildman–Crippen LogP) is 3.26. The molecule has 1 aliphatic rings. The highest BCUT2D eigenvalue weighted by Crippen LogP contribution is 2.37. The van der Waals surface area contributed by atoms with E-state index >= 15 is 0 Å². The Hall–Kier alpha value is -3.88. The van der Waals surface area contributed by atoms with Crippen molar-refractivity contribution in [3.8, 4) is 0 Å². The van der Waals surface area contributed by atoms with Crippen molar-refractivity contribution < 1.29 is 18.7 Å². The van der Waals surface area contributed by atoms with Crippen LogP contribution in [-0.2, 0) is 9.53 Å². The zero-order valence-electron chi connectivity index (χ0n) is 17.2. The van der Waals surface area contributed by atoms with Gasteiger partial charge in [0, 0.05) is 5.56 Å². The van der Waals surface area contributed by atoms with Gasteiger partial charge in [-0.15, -0.1) is 0 Å². The predicted molar refractivity (Wildman–Crippen MR) is 110 cm³/mol. The third-order valence-electron chi connectivity index (χ3n) is 5.18. The minimum Gasteiger partial charge on any atom is -0.464 e. The maximum Gasteiger partial charge on any atom is 0.355 e. The van der Waals surface area contributed by atoms with Gasteiger partial charge in [0.25, 0.3) is 0 Å². The molecule has 2 heterocycles. The Morgan fingerprint density at radius 2 is 1.77 bits per heavy atom. The van der Waals surface area contributed by atoms with Crippen LogP contribution in [0.15, 0.2) is 59.8 Å². The van der Waals surface area contributed by atoms with Crippen LogP contribution in [0, 0.1) is 5.82 Å². The first kappa shape index (κ1) is 20.4. The second-order valence-corrected chi connectivity index (χ2v) is 7.41. The Morgan fingerprint density at radius 3 is 2.39 bits per heavy atom. The summed E-state index contributed by atoms with van der Waals surface area (Å²) in [5.41, 5.74) is 2.11. The number of tetrazole rings is 1. The van der Waals surface area contributed by atoms with Crippen molar-refractivity contribution in [1.29, 1.82) is 0 Å². The highest BCUT2D eigenvalue weighted by molar-refractivity contribution is 6.14. The average Bonchev–Trinajstić information content (AvgIpc) is 3.25. The van der Waals surface area contributed by atoms with E-state index in [1.165, 1.54) is 36.1 Å². The summed E-state index contributed by atoms with van der Waals surface area (Å²) in [5, 5.41) is 14.4. The van der Waals surface area contributed by atoms with Gasteiger partial charge in [-0.3, -0.25) is 4.79 Å². The lowest BCUT2D eigenvalue weighted by molar-refractivity contribution is -0.136. The summed E-state index contributed by atoms with van der Waals surface area (Å²) in [7, 11) is 1.22. The molecule has 0 saturated carbocycles. The molecule has 0 fully saturated rings. The number of methoxy groups -OCH3 is 1. The van der Waals surface area contributed by atoms with Crippen LogP contribution in [0.1, 0.15) is 47.3 Å². The van der Waals surface area contributed by atoms with E-state index in [4.69, 9.17) is 4.74 Å². The molecule has 1 aromatic heterocycles. The van der Waals surface area contributed by atoms with Gasteiger partial charge in [-0.25, -0.2) is 9.18 Å². The van der Waals surface area contributed by atoms with Gasteiger partial charge in [0.2, 0.25) is 5.95 Å². The fourth-order valence-electron chi connectivity index (χ4n) is 3.52. The van der Waals surface area contributed by atoms with Crippen molar-refractivity contribution >= 4 is 17.7 Å². The number of ether oxygens (including phenoxy) is 1. The number of esters is 1. The molecule has 0 bridgehead atoms. The number of hydrogen-bond acceptors (Lipinski definition) is 7. The number of Topliss-reactive ketones (excluding diaryl/α,β-unsaturated/α-hetero) is 1. The molecule has 2 aromatic carbocycles. The average molecular weight is 421 g/mol. The van der Waals surface area contributed by atoms with Gasteiger partial charge in [-0.05, 0) is 51.7 Å². The third-order valence-corrected chi connectivity index (χ3v) is 5.18. The normalized spacial score (nSPS) is 15.5. The number of carbonyl (C=O) groups excluding carboxylic acids is 2. The largest absolute Gasteiger partial charge is 0.464 e. The van der Waals surface area contributed by atoms with Crippen LogP contribution >= 0.6 is 0 Å². The molecule has 0 aliphatic carbocycles. The van der Waals surface area contributed by atoms with E-state index in [-0.39, 0.29) is 22.8 Å². The summed E-state index contributed by atoms with van der Waals surface area (Å²) < 4.78 is 19.8. The van der Waals surface area contributed by atoms with Gasteiger partial charge < -0.3 is 10.1 Å². The number of benzene rings is 2. The van der Waals surface area contributed by atoms with Crippen molar-refractivity contribution in [2.75, 3.05) is 12.4 Å². The molecule has 0 radical (unpaired) electrons. The Bertz CT molecular complexity index is 1170. The summed E-state index contributed by atoms with van der Waals surface area (Å²) in [4.78, 5) is 26.1. The van der Waals surface area contributed by atoms with E-state index < -0.39 is 23.6 Å². The highest BCUT2D eigenvalue weighted by Gasteiger charge is 2.38. The van der Waals surface area contributed by atoms with Crippen LogP contribution < -0.4 is 5.32 Å². The van der Waals surface area contributed by atoms with Crippen molar-refractivity contribution in [3.05, 3.63) is 82.3 Å². The van der Waals surface area contributed by atoms with Crippen LogP contribution in [0.2, 0.25) is 0 Å². The SMILES string of the molecule is COC(=O)C1=C(C(=O)c2ccc(F)cc2)[C@H](c2ccc(C(C)C)cc2)n2nnnc2N1. The number of allylic oxidation sites excluding steroid dienone is 1. The Balaban J connectivity index is 1.91. The highest BCUT2D eigenvalue weighted by atomic mass is 19.1. The topological polar surface area (TPSA) is 99.0 Å². The van der Waals surface area contributed by atoms with Gasteiger partial charge >= 0.3 is 5.97 Å². The lowest BCUT2D eigenvalue weighted by Gasteiger charge is -2.28. The fourth-order valence-corrected chi connectivity index (χ4v) is 3.52. The summed E-state index contributed by atoms with van der Waals surface area (Å²) in [6, 6.07) is 12.0. The minimum atomic E-state index is -0.779. The van der Waals surface area contributed by atoms with Crippen LogP contribution in [-0.4, -0.2) is 39.1 Å². The fraction of sp³-hybridized carbons (Fsp3) is 0.227. The quantitative estimate of drug-likeness (QED) is 0.499. The number of carbonyl (C=O) groups is 2. The summed E-state index contributed by atoms with van der Waals surface area (Å²) in [5.74, 6) is -1.14. The number of aromatic nitrogens is 4. The molecule has 1 N–H and O–H groups in total. The lowest BCUT2D eigenvalue weighted by atomic mass is 9.88. The molecule has 8 nitrogen and oxygen atoms in total. The molecule has 0 unspecified atom stereocenters. The Labute approximate surface area is 177 Å². The van der Waals surface area contributed by atoms with E-state index in [9.17, 15) is 14.0 Å². The third kappa shape index (κ3) is 3.70. The summed E-state index contributed by atoms with van der Waals surface area (Å²) in [6.45, 7) is 4.16. The van der Waals surface area contributed by atoms with E-state index in [1.54, 1.807) is 0 Å². The minimum absolute atomic E-state index is 0.0583. The summed E-state index contributed by atoms with van der Waals surface area (Å²) in [6.07, 6.45) is 0. The van der Waals surface area contributed by atoms with E-state index in [0.717, 1.165) is 5.56 Å². The molecule has 1 aliphatic heterocycles. The number of fused-ring (bicyclic) bond motifs is 1. The zero-order valence-corrected chi connectivity index (χ0v) is 17.2. The molecule has 4 rings (SSSR count). The van der Waals surface area contributed by atoms with Crippen LogP contribution in [0.3, 0.4) is 0 Å². The van der Waals surface area contributed by atoms with E-state index in [0.29, 0.717) is 11.5 Å². The first-order valence-corrected chi connectivity index (χ1v) is 9.68. The van der Waals surface area contributed by atoms with Crippen LogP contribution in [0.5, 0.6) is 0 Å². The number of hydrogen-bond donors (Lipinski definition) is 1. The van der Waals surface area contributed by atoms with Crippen molar-refractivity contribution in [2.45, 2.75) is 25.8 Å². The molecule has 0 spiro atoms. The Kier molecular flexibility index (Phi) is 5.33. The van der Waals surface area contributed by atoms with Gasteiger partial charge in [0.05, 0.1) is 12.7 Å². The van der Waals surface area contributed by atoms with E-state index in [1.807, 2.05) is 24.3 Å². The van der Waals surface area contributed by atoms with Crippen molar-refractivity contribution in [1.82, 2.24) is 20.2 Å². The number of halogens is 1. The molecule has 0 saturated heterocycles. The molecule has 31 heavy (non-hydrogen) atoms. The molecule has 1 atom stereocenters. The van der Waals surface area contributed by atoms with Crippen LogP contribution in [0.4, 0.5) is 10.3 Å². The van der Waals surface area contributed by atoms with Crippen molar-refractivity contribution in [2.24, 2.45) is 0 Å². The van der Waals surface area contributed by atoms with Gasteiger partial charge in [-0.1, -0.05) is 43.2 Å². The number of nitrogens with one attached hydrogen (secondary N) is 1. The Morgan fingerprint density at radius 1 is 1.10 bits per heavy atom.